The summed E-state index contributed by atoms with van der Waals surface area (Å²) in [5.41, 5.74) is 1.09. The predicted octanol–water partition coefficient (Wildman–Crippen LogP) is 1.61. The number of hydrogen-bond acceptors (Lipinski definition) is 4. The minimum Gasteiger partial charge on any atom is -0.392 e. The Morgan fingerprint density at radius 2 is 2.00 bits per heavy atom. The highest BCUT2D eigenvalue weighted by Crippen LogP contribution is 2.11. The number of rotatable bonds is 8. The molecule has 0 aromatic heterocycles. The minimum absolute atomic E-state index is 0.247. The zero-order chi connectivity index (χ0) is 15.0. The summed E-state index contributed by atoms with van der Waals surface area (Å²) >= 11 is 0. The molecule has 0 aliphatic heterocycles. The van der Waals surface area contributed by atoms with E-state index in [2.05, 4.69) is 0 Å². The van der Waals surface area contributed by atoms with Crippen LogP contribution < -0.4 is 0 Å². The lowest BCUT2D eigenvalue weighted by atomic mass is 10.0. The van der Waals surface area contributed by atoms with Gasteiger partial charge in [0.1, 0.15) is 0 Å². The number of aliphatic hydroxyl groups excluding tert-OH is 1. The molecule has 0 saturated heterocycles. The molecule has 0 aliphatic carbocycles. The summed E-state index contributed by atoms with van der Waals surface area (Å²) in [5.74, 6) is -0.761. The molecule has 5 nitrogen and oxygen atoms in total. The Balaban J connectivity index is 2.26. The van der Waals surface area contributed by atoms with Crippen LogP contribution in [0, 0.1) is 5.92 Å². The van der Waals surface area contributed by atoms with Crippen molar-refractivity contribution in [1.29, 1.82) is 0 Å². The average Bonchev–Trinajstić information content (AvgIpc) is 2.50. The molecule has 0 saturated carbocycles. The van der Waals surface area contributed by atoms with Crippen LogP contribution in [-0.2, 0) is 21.0 Å². The zero-order valence-electron chi connectivity index (χ0n) is 12.3. The number of amides is 1. The largest absolute Gasteiger partial charge is 0.392 e. The van der Waals surface area contributed by atoms with Gasteiger partial charge in [0.05, 0.1) is 25.7 Å². The smallest absolute Gasteiger partial charge is 0.251 e. The van der Waals surface area contributed by atoms with Crippen molar-refractivity contribution in [3.63, 3.8) is 0 Å². The molecule has 1 amide bonds. The third-order valence-corrected chi connectivity index (χ3v) is 3.22. The molecule has 0 radical (unpaired) electrons. The van der Waals surface area contributed by atoms with Gasteiger partial charge in [-0.3, -0.25) is 9.63 Å². The van der Waals surface area contributed by atoms with Gasteiger partial charge in [0.25, 0.3) is 5.91 Å². The second-order valence-corrected chi connectivity index (χ2v) is 4.70. The number of aliphatic hydroxyl groups is 1. The van der Waals surface area contributed by atoms with Crippen LogP contribution in [0.25, 0.3) is 0 Å². The van der Waals surface area contributed by atoms with E-state index in [4.69, 9.17) is 9.57 Å². The molecule has 0 fully saturated rings. The lowest BCUT2D eigenvalue weighted by Crippen LogP contribution is -2.37. The fraction of sp³-hybridized carbons (Fsp3) is 0.533. The Hall–Kier alpha value is -1.43. The second-order valence-electron chi connectivity index (χ2n) is 4.70. The summed E-state index contributed by atoms with van der Waals surface area (Å²) in [6, 6.07) is 9.82. The highest BCUT2D eigenvalue weighted by molar-refractivity contribution is 5.77. The van der Waals surface area contributed by atoms with Gasteiger partial charge in [0.2, 0.25) is 0 Å². The molecule has 1 rings (SSSR count). The maximum absolute atomic E-state index is 11.8. The van der Waals surface area contributed by atoms with Crippen LogP contribution in [0.4, 0.5) is 0 Å². The molecule has 1 aromatic carbocycles. The van der Waals surface area contributed by atoms with E-state index in [1.807, 2.05) is 30.3 Å². The van der Waals surface area contributed by atoms with Gasteiger partial charge in [-0.2, -0.15) is 0 Å². The van der Waals surface area contributed by atoms with Crippen LogP contribution >= 0.6 is 0 Å². The molecule has 0 unspecified atom stereocenters. The maximum atomic E-state index is 11.8. The first-order chi connectivity index (χ1) is 9.56. The van der Waals surface area contributed by atoms with E-state index in [-0.39, 0.29) is 5.91 Å². The van der Waals surface area contributed by atoms with E-state index in [1.165, 1.54) is 14.2 Å². The molecule has 1 N–H and O–H groups in total. The molecule has 0 spiro atoms. The second kappa shape index (κ2) is 8.68. The fourth-order valence-electron chi connectivity index (χ4n) is 1.76. The summed E-state index contributed by atoms with van der Waals surface area (Å²) in [7, 11) is 2.94. The van der Waals surface area contributed by atoms with Crippen molar-refractivity contribution in [2.24, 2.45) is 5.92 Å². The minimum atomic E-state index is -0.740. The first-order valence-electron chi connectivity index (χ1n) is 6.67. The van der Waals surface area contributed by atoms with E-state index >= 15 is 0 Å². The van der Waals surface area contributed by atoms with Crippen LogP contribution in [0.2, 0.25) is 0 Å². The molecule has 0 bridgehead atoms. The predicted molar refractivity (Wildman–Crippen MR) is 75.7 cm³/mol. The number of hydrogen-bond donors (Lipinski definition) is 1. The van der Waals surface area contributed by atoms with E-state index < -0.39 is 12.0 Å². The number of carbonyl (C=O) groups is 1. The topological polar surface area (TPSA) is 59.0 Å². The average molecular weight is 281 g/mol. The third kappa shape index (κ3) is 5.28. The Bertz CT molecular complexity index is 396. The lowest BCUT2D eigenvalue weighted by molar-refractivity contribution is -0.176. The highest BCUT2D eigenvalue weighted by Gasteiger charge is 2.24. The van der Waals surface area contributed by atoms with Crippen LogP contribution in [-0.4, -0.2) is 42.9 Å². The molecule has 2 atom stereocenters. The molecular weight excluding hydrogens is 258 g/mol. The molecular formula is C15H23NO4. The molecule has 0 aliphatic rings. The van der Waals surface area contributed by atoms with E-state index in [1.54, 1.807) is 6.92 Å². The number of carbonyl (C=O) groups excluding carboxylic acids is 1. The molecule has 0 heterocycles. The monoisotopic (exact) mass is 281 g/mol. The van der Waals surface area contributed by atoms with Gasteiger partial charge in [0, 0.05) is 13.7 Å². The summed E-state index contributed by atoms with van der Waals surface area (Å²) < 4.78 is 5.49. The van der Waals surface area contributed by atoms with Gasteiger partial charge in [-0.1, -0.05) is 37.3 Å². The maximum Gasteiger partial charge on any atom is 0.251 e. The van der Waals surface area contributed by atoms with E-state index in [9.17, 15) is 9.90 Å². The van der Waals surface area contributed by atoms with Gasteiger partial charge in [-0.05, 0) is 12.0 Å². The fourth-order valence-corrected chi connectivity index (χ4v) is 1.76. The zero-order valence-corrected chi connectivity index (χ0v) is 12.3. The molecule has 1 aromatic rings. The van der Waals surface area contributed by atoms with Crippen molar-refractivity contribution in [2.75, 3.05) is 20.8 Å². The Labute approximate surface area is 120 Å². The van der Waals surface area contributed by atoms with Crippen molar-refractivity contribution >= 4 is 5.91 Å². The quantitative estimate of drug-likeness (QED) is 0.581. The Morgan fingerprint density at radius 1 is 1.35 bits per heavy atom. The standard InChI is InChI=1S/C15H23NO4/c1-12(15(18)16(2)19-3)14(17)9-10-20-11-13-7-5-4-6-8-13/h4-8,12,14,17H,9-11H2,1-3H3/t12-,14+/m1/s1. The Morgan fingerprint density at radius 3 is 2.60 bits per heavy atom. The van der Waals surface area contributed by atoms with Crippen molar-refractivity contribution in [3.05, 3.63) is 35.9 Å². The molecule has 112 valence electrons. The van der Waals surface area contributed by atoms with Crippen LogP contribution in [0.1, 0.15) is 18.9 Å². The molecule has 20 heavy (non-hydrogen) atoms. The van der Waals surface area contributed by atoms with Crippen molar-refractivity contribution in [1.82, 2.24) is 5.06 Å². The van der Waals surface area contributed by atoms with Crippen molar-refractivity contribution in [3.8, 4) is 0 Å². The van der Waals surface area contributed by atoms with Crippen LogP contribution in [0.3, 0.4) is 0 Å². The number of nitrogens with zero attached hydrogens (tertiary/aromatic N) is 1. The van der Waals surface area contributed by atoms with Crippen LogP contribution in [0.15, 0.2) is 30.3 Å². The van der Waals surface area contributed by atoms with Gasteiger partial charge < -0.3 is 9.84 Å². The van der Waals surface area contributed by atoms with Gasteiger partial charge in [0.15, 0.2) is 0 Å². The SMILES string of the molecule is CON(C)C(=O)[C@H](C)[C@@H](O)CCOCc1ccccc1. The summed E-state index contributed by atoms with van der Waals surface area (Å²) in [6.45, 7) is 2.60. The summed E-state index contributed by atoms with van der Waals surface area (Å²) in [6.07, 6.45) is -0.326. The normalized spacial score (nSPS) is 13.8. The first kappa shape index (κ1) is 16.6. The number of ether oxygens (including phenoxy) is 1. The van der Waals surface area contributed by atoms with E-state index in [0.717, 1.165) is 10.6 Å². The molecule has 5 heteroatoms. The van der Waals surface area contributed by atoms with Gasteiger partial charge in [-0.25, -0.2) is 5.06 Å². The van der Waals surface area contributed by atoms with E-state index in [0.29, 0.717) is 19.6 Å². The lowest BCUT2D eigenvalue weighted by Gasteiger charge is -2.22. The summed E-state index contributed by atoms with van der Waals surface area (Å²) in [5, 5.41) is 11.1. The highest BCUT2D eigenvalue weighted by atomic mass is 16.7. The first-order valence-corrected chi connectivity index (χ1v) is 6.67. The van der Waals surface area contributed by atoms with Crippen molar-refractivity contribution in [2.45, 2.75) is 26.1 Å². The van der Waals surface area contributed by atoms with Crippen molar-refractivity contribution < 1.29 is 19.5 Å². The Kier molecular flexibility index (Phi) is 7.22. The third-order valence-electron chi connectivity index (χ3n) is 3.22. The number of hydroxylamine groups is 2. The van der Waals surface area contributed by atoms with Crippen LogP contribution in [0.5, 0.6) is 0 Å². The van der Waals surface area contributed by atoms with Gasteiger partial charge >= 0.3 is 0 Å². The number of benzene rings is 1. The van der Waals surface area contributed by atoms with Gasteiger partial charge in [-0.15, -0.1) is 0 Å². The summed E-state index contributed by atoms with van der Waals surface area (Å²) in [4.78, 5) is 16.6.